The third-order valence-electron chi connectivity index (χ3n) is 10.0. The molecule has 12 heteroatoms. The van der Waals surface area contributed by atoms with Crippen LogP contribution in [0.15, 0.2) is 18.2 Å². The van der Waals surface area contributed by atoms with Crippen molar-refractivity contribution in [3.05, 3.63) is 28.9 Å². The van der Waals surface area contributed by atoms with E-state index in [9.17, 15) is 28.7 Å². The second-order valence-electron chi connectivity index (χ2n) is 14.2. The van der Waals surface area contributed by atoms with Gasteiger partial charge in [0.15, 0.2) is 0 Å². The maximum atomic E-state index is 14.1. The molecule has 3 atom stereocenters. The molecular formula is C34H46ClFN4O6. The SMILES string of the molecule is CC(C)(C)OC(=O)N[C@H](CF)[C@H]1CC[C@H](C(=O)N2CC[C@@H](C3CCCCC3)[C@H]2C(=O)Nc2ccc3[nH]c(C(=O)O)c(Cl)c3c2)CC1. The van der Waals surface area contributed by atoms with Crippen LogP contribution in [0.5, 0.6) is 0 Å². The van der Waals surface area contributed by atoms with Crippen molar-refractivity contribution >= 4 is 52.1 Å². The molecule has 1 aliphatic heterocycles. The molecule has 0 spiro atoms. The van der Waals surface area contributed by atoms with Crippen molar-refractivity contribution in [3.8, 4) is 0 Å². The number of hydrogen-bond donors (Lipinski definition) is 4. The number of alkyl halides is 1. The van der Waals surface area contributed by atoms with Crippen LogP contribution >= 0.6 is 11.6 Å². The van der Waals surface area contributed by atoms with Gasteiger partial charge >= 0.3 is 12.1 Å². The number of benzene rings is 1. The molecule has 5 rings (SSSR count). The average molecular weight is 661 g/mol. The van der Waals surface area contributed by atoms with E-state index in [1.54, 1.807) is 43.9 Å². The topological polar surface area (TPSA) is 141 Å². The van der Waals surface area contributed by atoms with Crippen molar-refractivity contribution in [2.24, 2.45) is 23.7 Å². The van der Waals surface area contributed by atoms with Crippen LogP contribution in [0.1, 0.15) is 95.5 Å². The van der Waals surface area contributed by atoms with Gasteiger partial charge in [-0.15, -0.1) is 0 Å². The Morgan fingerprint density at radius 3 is 2.39 bits per heavy atom. The molecule has 252 valence electrons. The molecule has 2 heterocycles. The summed E-state index contributed by atoms with van der Waals surface area (Å²) in [7, 11) is 0. The molecule has 1 aromatic heterocycles. The predicted molar refractivity (Wildman–Crippen MR) is 174 cm³/mol. The number of anilines is 1. The first-order chi connectivity index (χ1) is 21.9. The summed E-state index contributed by atoms with van der Waals surface area (Å²) < 4.78 is 19.3. The summed E-state index contributed by atoms with van der Waals surface area (Å²) in [5, 5.41) is 15.7. The van der Waals surface area contributed by atoms with Gasteiger partial charge in [-0.2, -0.15) is 0 Å². The van der Waals surface area contributed by atoms with Crippen LogP contribution in [-0.4, -0.2) is 69.8 Å². The third-order valence-corrected chi connectivity index (χ3v) is 10.4. The molecule has 3 aliphatic rings. The number of hydrogen-bond acceptors (Lipinski definition) is 5. The second kappa shape index (κ2) is 14.2. The van der Waals surface area contributed by atoms with E-state index >= 15 is 0 Å². The molecule has 0 bridgehead atoms. The largest absolute Gasteiger partial charge is 0.477 e. The fourth-order valence-corrected chi connectivity index (χ4v) is 8.08. The first-order valence-electron chi connectivity index (χ1n) is 16.6. The van der Waals surface area contributed by atoms with E-state index in [2.05, 4.69) is 15.6 Å². The molecule has 4 N–H and O–H groups in total. The van der Waals surface area contributed by atoms with Gasteiger partial charge in [0.05, 0.1) is 11.1 Å². The lowest BCUT2D eigenvalue weighted by molar-refractivity contribution is -0.142. The number of alkyl carbamates (subject to hydrolysis) is 1. The number of aromatic amines is 1. The van der Waals surface area contributed by atoms with Crippen molar-refractivity contribution < 1.29 is 33.4 Å². The summed E-state index contributed by atoms with van der Waals surface area (Å²) in [5.41, 5.74) is 0.227. The predicted octanol–water partition coefficient (Wildman–Crippen LogP) is 6.92. The fourth-order valence-electron chi connectivity index (χ4n) is 7.80. The lowest BCUT2D eigenvalue weighted by atomic mass is 9.76. The number of carbonyl (C=O) groups excluding carboxylic acids is 3. The van der Waals surface area contributed by atoms with E-state index in [1.807, 2.05) is 0 Å². The molecule has 3 amide bonds. The Balaban J connectivity index is 1.29. The van der Waals surface area contributed by atoms with Gasteiger partial charge in [0.1, 0.15) is 24.0 Å². The number of H-pyrrole nitrogens is 1. The van der Waals surface area contributed by atoms with Crippen molar-refractivity contribution in [3.63, 3.8) is 0 Å². The molecule has 10 nitrogen and oxygen atoms in total. The molecule has 1 saturated heterocycles. The van der Waals surface area contributed by atoms with Crippen molar-refractivity contribution in [1.82, 2.24) is 15.2 Å². The number of carboxylic acids is 1. The monoisotopic (exact) mass is 660 g/mol. The van der Waals surface area contributed by atoms with Gasteiger partial charge in [0.25, 0.3) is 0 Å². The normalized spacial score (nSPS) is 24.8. The van der Waals surface area contributed by atoms with E-state index < -0.39 is 36.4 Å². The van der Waals surface area contributed by atoms with Gasteiger partial charge in [0, 0.05) is 29.1 Å². The van der Waals surface area contributed by atoms with Crippen molar-refractivity contribution in [1.29, 1.82) is 0 Å². The zero-order valence-corrected chi connectivity index (χ0v) is 27.6. The highest BCUT2D eigenvalue weighted by Gasteiger charge is 2.47. The van der Waals surface area contributed by atoms with Gasteiger partial charge in [-0.1, -0.05) is 43.7 Å². The van der Waals surface area contributed by atoms with Crippen LogP contribution in [0.4, 0.5) is 14.9 Å². The summed E-state index contributed by atoms with van der Waals surface area (Å²) in [4.78, 5) is 56.5. The quantitative estimate of drug-likeness (QED) is 0.242. The number of aromatic carboxylic acids is 1. The van der Waals surface area contributed by atoms with E-state index in [0.29, 0.717) is 54.7 Å². The van der Waals surface area contributed by atoms with Crippen LogP contribution in [0.3, 0.4) is 0 Å². The molecule has 2 saturated carbocycles. The Hall–Kier alpha value is -3.34. The smallest absolute Gasteiger partial charge is 0.407 e. The maximum Gasteiger partial charge on any atom is 0.407 e. The number of rotatable bonds is 8. The maximum absolute atomic E-state index is 14.1. The molecule has 2 aliphatic carbocycles. The zero-order valence-electron chi connectivity index (χ0n) is 26.9. The van der Waals surface area contributed by atoms with Crippen LogP contribution in [0.2, 0.25) is 5.02 Å². The number of aromatic nitrogens is 1. The summed E-state index contributed by atoms with van der Waals surface area (Å²) in [6, 6.07) is 3.74. The highest BCUT2D eigenvalue weighted by molar-refractivity contribution is 6.38. The number of halogens is 2. The molecule has 2 aromatic rings. The minimum atomic E-state index is -1.17. The summed E-state index contributed by atoms with van der Waals surface area (Å²) >= 11 is 6.33. The molecular weight excluding hydrogens is 615 g/mol. The number of carboxylic acid groups (broad SMARTS) is 1. The van der Waals surface area contributed by atoms with Gasteiger partial charge in [0.2, 0.25) is 11.8 Å². The Morgan fingerprint density at radius 2 is 1.76 bits per heavy atom. The number of nitrogens with one attached hydrogen (secondary N) is 3. The Bertz CT molecular complexity index is 1440. The molecule has 46 heavy (non-hydrogen) atoms. The van der Waals surface area contributed by atoms with Gasteiger partial charge in [-0.25, -0.2) is 14.0 Å². The Morgan fingerprint density at radius 1 is 1.07 bits per heavy atom. The Kier molecular flexibility index (Phi) is 10.5. The number of ether oxygens (including phenoxy) is 1. The number of likely N-dealkylation sites (tertiary alicyclic amines) is 1. The van der Waals surface area contributed by atoms with Crippen molar-refractivity contribution in [2.75, 3.05) is 18.5 Å². The molecule has 3 fully saturated rings. The van der Waals surface area contributed by atoms with Gasteiger partial charge < -0.3 is 30.4 Å². The second-order valence-corrected chi connectivity index (χ2v) is 14.6. The Labute approximate surface area is 274 Å². The molecule has 1 aromatic carbocycles. The highest BCUT2D eigenvalue weighted by Crippen LogP contribution is 2.41. The lowest BCUT2D eigenvalue weighted by Gasteiger charge is -2.37. The standard InChI is InChI=1S/C34H46ClFN4O6/c1-34(2,3)46-33(45)39-26(18-36)20-9-11-21(12-10-20)31(42)40-16-15-23(19-7-5-4-6-8-19)29(40)30(41)37-22-13-14-25-24(17-22)27(35)28(38-25)32(43)44/h13-14,17,19-21,23,26,29,38H,4-12,15-16,18H2,1-3H3,(H,37,41)(H,39,45)(H,43,44)/t20-,21-,23-,26+,29-/m0/s1. The number of nitrogens with zero attached hydrogens (tertiary/aromatic N) is 1. The summed E-state index contributed by atoms with van der Waals surface area (Å²) in [5.74, 6) is -1.43. The van der Waals surface area contributed by atoms with Crippen molar-refractivity contribution in [2.45, 2.75) is 103 Å². The summed E-state index contributed by atoms with van der Waals surface area (Å²) in [6.07, 6.45) is 7.92. The first-order valence-corrected chi connectivity index (χ1v) is 17.0. The van der Waals surface area contributed by atoms with E-state index in [1.165, 1.54) is 6.42 Å². The van der Waals surface area contributed by atoms with E-state index in [4.69, 9.17) is 16.3 Å². The van der Waals surface area contributed by atoms with Crippen LogP contribution < -0.4 is 10.6 Å². The zero-order chi connectivity index (χ0) is 33.2. The molecule has 0 unspecified atom stereocenters. The van der Waals surface area contributed by atoms with Gasteiger partial charge in [-0.3, -0.25) is 9.59 Å². The highest BCUT2D eigenvalue weighted by atomic mass is 35.5. The minimum absolute atomic E-state index is 0.0379. The summed E-state index contributed by atoms with van der Waals surface area (Å²) in [6.45, 7) is 5.07. The van der Waals surface area contributed by atoms with Crippen LogP contribution in [-0.2, 0) is 14.3 Å². The fraction of sp³-hybridized carbons (Fsp3) is 0.647. The lowest BCUT2D eigenvalue weighted by Crippen LogP contribution is -2.50. The first kappa shape index (κ1) is 34.0. The van der Waals surface area contributed by atoms with E-state index in [-0.39, 0.29) is 40.3 Å². The van der Waals surface area contributed by atoms with Crippen LogP contribution in [0.25, 0.3) is 10.9 Å². The number of amides is 3. The minimum Gasteiger partial charge on any atom is -0.477 e. The van der Waals surface area contributed by atoms with E-state index in [0.717, 1.165) is 32.1 Å². The number of fused-ring (bicyclic) bond motifs is 1. The molecule has 0 radical (unpaired) electrons. The van der Waals surface area contributed by atoms with Crippen LogP contribution in [0, 0.1) is 23.7 Å². The number of carbonyl (C=O) groups is 4. The van der Waals surface area contributed by atoms with Gasteiger partial charge in [-0.05, 0) is 88.8 Å². The average Bonchev–Trinajstić information content (AvgIpc) is 3.61. The third kappa shape index (κ3) is 7.61.